The zero-order valence-corrected chi connectivity index (χ0v) is 21.2. The Hall–Kier alpha value is -2.90. The summed E-state index contributed by atoms with van der Waals surface area (Å²) in [7, 11) is 0. The number of hydrogen-bond acceptors (Lipinski definition) is 4. The lowest BCUT2D eigenvalue weighted by Gasteiger charge is -2.15. The van der Waals surface area contributed by atoms with Gasteiger partial charge in [0, 0.05) is 12.8 Å². The van der Waals surface area contributed by atoms with E-state index in [1.54, 1.807) is 24.3 Å². The van der Waals surface area contributed by atoms with E-state index in [2.05, 4.69) is 22.9 Å². The Kier molecular flexibility index (Phi) is 16.7. The van der Waals surface area contributed by atoms with Gasteiger partial charge in [0.15, 0.2) is 0 Å². The largest absolute Gasteiger partial charge is 0.480 e. The maximum Gasteiger partial charge on any atom is 0.326 e. The molecule has 0 aromatic heterocycles. The molecule has 8 nitrogen and oxygen atoms in total. The summed E-state index contributed by atoms with van der Waals surface area (Å²) in [6.07, 6.45) is 13.8. The second kappa shape index (κ2) is 19.4. The number of amides is 3. The van der Waals surface area contributed by atoms with Crippen LogP contribution in [-0.2, 0) is 25.6 Å². The summed E-state index contributed by atoms with van der Waals surface area (Å²) in [4.78, 5) is 47.3. The first-order chi connectivity index (χ1) is 16.9. The minimum absolute atomic E-state index is 0.144. The minimum atomic E-state index is -1.15. The molecule has 0 fully saturated rings. The molecule has 8 heteroatoms. The van der Waals surface area contributed by atoms with E-state index in [0.717, 1.165) is 24.8 Å². The van der Waals surface area contributed by atoms with Gasteiger partial charge in [-0.2, -0.15) is 0 Å². The van der Waals surface area contributed by atoms with E-state index in [9.17, 15) is 24.3 Å². The molecule has 0 saturated heterocycles. The first-order valence-electron chi connectivity index (χ1n) is 13.0. The third kappa shape index (κ3) is 16.4. The Bertz CT molecular complexity index is 754. The van der Waals surface area contributed by atoms with Crippen LogP contribution in [0.5, 0.6) is 0 Å². The number of unbranched alkanes of at least 4 members (excludes halogenated alkanes) is 10. The lowest BCUT2D eigenvalue weighted by atomic mass is 10.1. The van der Waals surface area contributed by atoms with Gasteiger partial charge in [-0.05, 0) is 12.0 Å². The Labute approximate surface area is 209 Å². The number of aliphatic carboxylic acids is 1. The molecule has 1 aromatic carbocycles. The van der Waals surface area contributed by atoms with E-state index in [-0.39, 0.29) is 25.4 Å². The first kappa shape index (κ1) is 30.1. The number of hydrogen-bond donors (Lipinski definition) is 4. The van der Waals surface area contributed by atoms with Crippen LogP contribution in [0.3, 0.4) is 0 Å². The lowest BCUT2D eigenvalue weighted by molar-refractivity contribution is -0.141. The van der Waals surface area contributed by atoms with Gasteiger partial charge in [-0.1, -0.05) is 101 Å². The van der Waals surface area contributed by atoms with Gasteiger partial charge in [0.05, 0.1) is 13.1 Å². The zero-order valence-electron chi connectivity index (χ0n) is 21.2. The molecule has 0 aliphatic rings. The number of carbonyl (C=O) groups excluding carboxylic acids is 3. The van der Waals surface area contributed by atoms with Crippen molar-refractivity contribution in [2.45, 2.75) is 96.4 Å². The maximum absolute atomic E-state index is 12.0. The summed E-state index contributed by atoms with van der Waals surface area (Å²) >= 11 is 0. The second-order valence-corrected chi connectivity index (χ2v) is 8.99. The van der Waals surface area contributed by atoms with Gasteiger partial charge in [0.2, 0.25) is 17.7 Å². The molecule has 35 heavy (non-hydrogen) atoms. The summed E-state index contributed by atoms with van der Waals surface area (Å²) in [5.41, 5.74) is 0.782. The number of carbonyl (C=O) groups is 4. The molecular weight excluding hydrogens is 446 g/mol. The van der Waals surface area contributed by atoms with Crippen LogP contribution < -0.4 is 16.0 Å². The third-order valence-electron chi connectivity index (χ3n) is 5.82. The molecule has 196 valence electrons. The molecule has 0 heterocycles. The Morgan fingerprint density at radius 3 is 1.80 bits per heavy atom. The van der Waals surface area contributed by atoms with Gasteiger partial charge in [-0.3, -0.25) is 14.4 Å². The summed E-state index contributed by atoms with van der Waals surface area (Å²) in [6, 6.07) is 7.88. The number of rotatable bonds is 20. The Balaban J connectivity index is 2.08. The monoisotopic (exact) mass is 489 g/mol. The highest BCUT2D eigenvalue weighted by molar-refractivity contribution is 5.89. The van der Waals surface area contributed by atoms with E-state index < -0.39 is 23.8 Å². The summed E-state index contributed by atoms with van der Waals surface area (Å²) in [5.74, 6) is -2.44. The molecule has 0 aliphatic heterocycles. The quantitative estimate of drug-likeness (QED) is 0.208. The van der Waals surface area contributed by atoms with E-state index in [1.165, 1.54) is 51.4 Å². The number of carboxylic acids is 1. The first-order valence-corrected chi connectivity index (χ1v) is 13.0. The molecule has 1 aromatic rings. The average molecular weight is 490 g/mol. The average Bonchev–Trinajstić information content (AvgIpc) is 2.85. The number of carboxylic acid groups (broad SMARTS) is 1. The molecular formula is C27H43N3O5. The highest BCUT2D eigenvalue weighted by Crippen LogP contribution is 2.11. The SMILES string of the molecule is CCCCCCCCCCCCCC(=O)NCC(=O)NCC(=O)N[C@@H](Cc1ccccc1)C(=O)O. The standard InChI is InChI=1S/C27H43N3O5/c1-2-3-4-5-6-7-8-9-10-11-15-18-24(31)28-20-25(32)29-21-26(33)30-23(27(34)35)19-22-16-13-12-14-17-22/h12-14,16-17,23H,2-11,15,18-21H2,1H3,(H,28,31)(H,29,32)(H,30,33)(H,34,35)/t23-/m0/s1. The fourth-order valence-electron chi connectivity index (χ4n) is 3.75. The predicted molar refractivity (Wildman–Crippen MR) is 137 cm³/mol. The smallest absolute Gasteiger partial charge is 0.326 e. The van der Waals surface area contributed by atoms with Crippen LogP contribution in [0.1, 0.15) is 89.5 Å². The van der Waals surface area contributed by atoms with Crippen molar-refractivity contribution in [3.63, 3.8) is 0 Å². The van der Waals surface area contributed by atoms with Crippen LogP contribution in [-0.4, -0.2) is 47.9 Å². The van der Waals surface area contributed by atoms with Crippen LogP contribution in [0, 0.1) is 0 Å². The van der Waals surface area contributed by atoms with E-state index in [4.69, 9.17) is 0 Å². The molecule has 0 aliphatic carbocycles. The molecule has 0 saturated carbocycles. The lowest BCUT2D eigenvalue weighted by Crippen LogP contribution is -2.47. The van der Waals surface area contributed by atoms with Gasteiger partial charge in [-0.25, -0.2) is 4.79 Å². The fourth-order valence-corrected chi connectivity index (χ4v) is 3.75. The minimum Gasteiger partial charge on any atom is -0.480 e. The van der Waals surface area contributed by atoms with Crippen molar-refractivity contribution >= 4 is 23.7 Å². The molecule has 0 bridgehead atoms. The highest BCUT2D eigenvalue weighted by Gasteiger charge is 2.20. The number of nitrogens with one attached hydrogen (secondary N) is 3. The molecule has 1 rings (SSSR count). The van der Waals surface area contributed by atoms with Crippen molar-refractivity contribution in [1.29, 1.82) is 0 Å². The second-order valence-electron chi connectivity index (χ2n) is 8.99. The summed E-state index contributed by atoms with van der Waals surface area (Å²) in [5, 5.41) is 16.7. The summed E-state index contributed by atoms with van der Waals surface area (Å²) in [6.45, 7) is 1.66. The van der Waals surface area contributed by atoms with Gasteiger partial charge in [0.1, 0.15) is 6.04 Å². The molecule has 0 spiro atoms. The van der Waals surface area contributed by atoms with Crippen LogP contribution >= 0.6 is 0 Å². The van der Waals surface area contributed by atoms with E-state index in [1.807, 2.05) is 6.07 Å². The zero-order chi connectivity index (χ0) is 25.7. The molecule has 1 atom stereocenters. The third-order valence-corrected chi connectivity index (χ3v) is 5.82. The molecule has 3 amide bonds. The molecule has 0 unspecified atom stereocenters. The van der Waals surface area contributed by atoms with Gasteiger partial charge in [0.25, 0.3) is 0 Å². The topological polar surface area (TPSA) is 125 Å². The van der Waals surface area contributed by atoms with Gasteiger partial charge in [-0.15, -0.1) is 0 Å². The highest BCUT2D eigenvalue weighted by atomic mass is 16.4. The number of benzene rings is 1. The fraction of sp³-hybridized carbons (Fsp3) is 0.630. The van der Waals surface area contributed by atoms with Crippen LogP contribution in [0.15, 0.2) is 30.3 Å². The Morgan fingerprint density at radius 2 is 1.23 bits per heavy atom. The van der Waals surface area contributed by atoms with Crippen LogP contribution in [0.4, 0.5) is 0 Å². The van der Waals surface area contributed by atoms with Gasteiger partial charge < -0.3 is 21.1 Å². The van der Waals surface area contributed by atoms with Crippen molar-refractivity contribution in [3.8, 4) is 0 Å². The van der Waals surface area contributed by atoms with Crippen LogP contribution in [0.2, 0.25) is 0 Å². The van der Waals surface area contributed by atoms with Gasteiger partial charge >= 0.3 is 5.97 Å². The van der Waals surface area contributed by atoms with E-state index >= 15 is 0 Å². The van der Waals surface area contributed by atoms with Crippen LogP contribution in [0.25, 0.3) is 0 Å². The maximum atomic E-state index is 12.0. The summed E-state index contributed by atoms with van der Waals surface area (Å²) < 4.78 is 0. The predicted octanol–water partition coefficient (Wildman–Crippen LogP) is 3.73. The van der Waals surface area contributed by atoms with Crippen molar-refractivity contribution in [1.82, 2.24) is 16.0 Å². The van der Waals surface area contributed by atoms with Crippen molar-refractivity contribution in [3.05, 3.63) is 35.9 Å². The molecule has 4 N–H and O–H groups in total. The van der Waals surface area contributed by atoms with Crippen molar-refractivity contribution in [2.24, 2.45) is 0 Å². The van der Waals surface area contributed by atoms with Crippen molar-refractivity contribution < 1.29 is 24.3 Å². The van der Waals surface area contributed by atoms with Crippen molar-refractivity contribution in [2.75, 3.05) is 13.1 Å². The normalized spacial score (nSPS) is 11.5. The van der Waals surface area contributed by atoms with E-state index in [0.29, 0.717) is 6.42 Å². The molecule has 0 radical (unpaired) electrons. The Morgan fingerprint density at radius 1 is 0.714 bits per heavy atom.